The Hall–Kier alpha value is -3.07. The van der Waals surface area contributed by atoms with Gasteiger partial charge in [0.15, 0.2) is 0 Å². The maximum Gasteiger partial charge on any atom is 0.264 e. The van der Waals surface area contributed by atoms with Gasteiger partial charge in [-0.2, -0.15) is 0 Å². The van der Waals surface area contributed by atoms with Crippen molar-refractivity contribution in [2.45, 2.75) is 51.1 Å². The molecule has 0 fully saturated rings. The molecule has 3 rings (SSSR count). The second-order valence-corrected chi connectivity index (χ2v) is 11.7. The van der Waals surface area contributed by atoms with Gasteiger partial charge in [-0.15, -0.1) is 0 Å². The van der Waals surface area contributed by atoms with Crippen molar-refractivity contribution in [3.05, 3.63) is 94.0 Å². The number of hydrogen-bond donors (Lipinski definition) is 1. The summed E-state index contributed by atoms with van der Waals surface area (Å²) in [6.45, 7) is 5.35. The van der Waals surface area contributed by atoms with E-state index in [9.17, 15) is 18.0 Å². The third kappa shape index (κ3) is 7.53. The molecule has 208 valence electrons. The van der Waals surface area contributed by atoms with Crippen LogP contribution in [0.25, 0.3) is 0 Å². The predicted octanol–water partition coefficient (Wildman–Crippen LogP) is 5.69. The zero-order valence-electron chi connectivity index (χ0n) is 22.2. The van der Waals surface area contributed by atoms with Crippen LogP contribution in [0.2, 0.25) is 10.0 Å². The van der Waals surface area contributed by atoms with Crippen molar-refractivity contribution >= 4 is 50.7 Å². The summed E-state index contributed by atoms with van der Waals surface area (Å²) in [4.78, 5) is 28.2. The molecule has 10 heteroatoms. The number of nitrogens with one attached hydrogen (secondary N) is 1. The lowest BCUT2D eigenvalue weighted by molar-refractivity contribution is -0.139. The lowest BCUT2D eigenvalue weighted by atomic mass is 10.1. The number of hydrogen-bond acceptors (Lipinski definition) is 4. The minimum absolute atomic E-state index is 0.0480. The highest BCUT2D eigenvalue weighted by molar-refractivity contribution is 7.92. The molecule has 0 bridgehead atoms. The van der Waals surface area contributed by atoms with E-state index in [0.29, 0.717) is 27.8 Å². The van der Waals surface area contributed by atoms with Crippen LogP contribution in [0.15, 0.2) is 77.7 Å². The molecule has 0 heterocycles. The van der Waals surface area contributed by atoms with Crippen LogP contribution in [0.5, 0.6) is 0 Å². The molecular formula is C29H33Cl2N3O4S. The van der Waals surface area contributed by atoms with E-state index in [1.54, 1.807) is 55.5 Å². The monoisotopic (exact) mass is 589 g/mol. The quantitative estimate of drug-likeness (QED) is 0.294. The van der Waals surface area contributed by atoms with Crippen LogP contribution in [0.1, 0.15) is 38.3 Å². The van der Waals surface area contributed by atoms with E-state index in [1.165, 1.54) is 17.0 Å². The van der Waals surface area contributed by atoms with Crippen molar-refractivity contribution < 1.29 is 18.0 Å². The van der Waals surface area contributed by atoms with Gasteiger partial charge in [0.1, 0.15) is 12.6 Å². The predicted molar refractivity (Wildman–Crippen MR) is 157 cm³/mol. The number of benzene rings is 3. The minimum atomic E-state index is -4.12. The molecule has 3 aromatic rings. The summed E-state index contributed by atoms with van der Waals surface area (Å²) in [6.07, 6.45) is 1.50. The van der Waals surface area contributed by atoms with E-state index in [4.69, 9.17) is 23.2 Å². The average molecular weight is 591 g/mol. The summed E-state index contributed by atoms with van der Waals surface area (Å²) in [5, 5.41) is 3.48. The van der Waals surface area contributed by atoms with Gasteiger partial charge < -0.3 is 10.2 Å². The van der Waals surface area contributed by atoms with E-state index >= 15 is 0 Å². The molecular weight excluding hydrogens is 557 g/mol. The molecule has 0 spiro atoms. The van der Waals surface area contributed by atoms with Crippen molar-refractivity contribution in [3.8, 4) is 0 Å². The number of nitrogens with zero attached hydrogens (tertiary/aromatic N) is 2. The Bertz CT molecular complexity index is 1360. The Kier molecular flexibility index (Phi) is 10.8. The number of sulfonamides is 1. The normalized spacial score (nSPS) is 12.0. The molecule has 0 saturated heterocycles. The van der Waals surface area contributed by atoms with Gasteiger partial charge in [0.2, 0.25) is 11.8 Å². The van der Waals surface area contributed by atoms with Crippen LogP contribution >= 0.6 is 23.2 Å². The minimum Gasteiger partial charge on any atom is -0.354 e. The van der Waals surface area contributed by atoms with Gasteiger partial charge in [0.05, 0.1) is 10.6 Å². The summed E-state index contributed by atoms with van der Waals surface area (Å²) in [5.41, 5.74) is 1.83. The average Bonchev–Trinajstić information content (AvgIpc) is 2.94. The Morgan fingerprint density at radius 3 is 2.08 bits per heavy atom. The first-order valence-corrected chi connectivity index (χ1v) is 15.0. The topological polar surface area (TPSA) is 86.8 Å². The highest BCUT2D eigenvalue weighted by Gasteiger charge is 2.33. The lowest BCUT2D eigenvalue weighted by Crippen LogP contribution is -2.51. The van der Waals surface area contributed by atoms with Gasteiger partial charge in [0.25, 0.3) is 10.0 Å². The molecule has 39 heavy (non-hydrogen) atoms. The van der Waals surface area contributed by atoms with Crippen LogP contribution in [-0.4, -0.2) is 44.3 Å². The SMILES string of the molecule is CCCNC(=O)[C@H](C)N(Cc1c(Cl)cccc1Cl)C(=O)CN(c1ccc(CC)cc1)S(=O)(=O)c1ccccc1. The molecule has 1 atom stereocenters. The largest absolute Gasteiger partial charge is 0.354 e. The summed E-state index contributed by atoms with van der Waals surface area (Å²) < 4.78 is 28.7. The second-order valence-electron chi connectivity index (χ2n) is 9.03. The van der Waals surface area contributed by atoms with Crippen molar-refractivity contribution in [1.82, 2.24) is 10.2 Å². The molecule has 0 aliphatic heterocycles. The van der Waals surface area contributed by atoms with Crippen molar-refractivity contribution in [3.63, 3.8) is 0 Å². The highest BCUT2D eigenvalue weighted by atomic mass is 35.5. The van der Waals surface area contributed by atoms with Gasteiger partial charge in [-0.25, -0.2) is 8.42 Å². The number of amides is 2. The Labute approximate surface area is 240 Å². The van der Waals surface area contributed by atoms with Crippen molar-refractivity contribution in [2.75, 3.05) is 17.4 Å². The van der Waals surface area contributed by atoms with Crippen LogP contribution < -0.4 is 9.62 Å². The summed E-state index contributed by atoms with van der Waals surface area (Å²) >= 11 is 12.8. The molecule has 0 unspecified atom stereocenters. The van der Waals surface area contributed by atoms with Gasteiger partial charge in [-0.1, -0.05) is 73.4 Å². The fourth-order valence-corrected chi connectivity index (χ4v) is 5.93. The zero-order valence-corrected chi connectivity index (χ0v) is 24.6. The number of halogens is 2. The molecule has 7 nitrogen and oxygen atoms in total. The molecule has 2 amide bonds. The van der Waals surface area contributed by atoms with Gasteiger partial charge in [0, 0.05) is 28.7 Å². The summed E-state index contributed by atoms with van der Waals surface area (Å²) in [6, 6.07) is 19.0. The van der Waals surface area contributed by atoms with E-state index in [1.807, 2.05) is 26.0 Å². The van der Waals surface area contributed by atoms with Crippen LogP contribution in [0.3, 0.4) is 0 Å². The summed E-state index contributed by atoms with van der Waals surface area (Å²) in [5.74, 6) is -0.942. The van der Waals surface area contributed by atoms with Crippen LogP contribution in [0, 0.1) is 0 Å². The third-order valence-electron chi connectivity index (χ3n) is 6.35. The van der Waals surface area contributed by atoms with Crippen molar-refractivity contribution in [1.29, 1.82) is 0 Å². The Morgan fingerprint density at radius 1 is 0.897 bits per heavy atom. The molecule has 0 aliphatic rings. The fraction of sp³-hybridized carbons (Fsp3) is 0.310. The Balaban J connectivity index is 2.05. The standard InChI is InChI=1S/C29H33Cl2N3O4S/c1-4-18-32-29(36)21(3)33(19-25-26(30)12-9-13-27(25)31)28(35)20-34(23-16-14-22(5-2)15-17-23)39(37,38)24-10-7-6-8-11-24/h6-17,21H,4-5,18-20H2,1-3H3,(H,32,36)/t21-/m0/s1. The van der Waals surface area contributed by atoms with Gasteiger partial charge in [-0.3, -0.25) is 13.9 Å². The zero-order chi connectivity index (χ0) is 28.6. The molecule has 0 radical (unpaired) electrons. The lowest BCUT2D eigenvalue weighted by Gasteiger charge is -2.32. The highest BCUT2D eigenvalue weighted by Crippen LogP contribution is 2.28. The molecule has 3 aromatic carbocycles. The van der Waals surface area contributed by atoms with Gasteiger partial charge >= 0.3 is 0 Å². The first-order chi connectivity index (χ1) is 18.6. The summed E-state index contributed by atoms with van der Waals surface area (Å²) in [7, 11) is -4.12. The van der Waals surface area contributed by atoms with E-state index in [-0.39, 0.29) is 17.3 Å². The first kappa shape index (κ1) is 30.5. The maximum atomic E-state index is 13.9. The molecule has 0 aromatic heterocycles. The number of anilines is 1. The van der Waals surface area contributed by atoms with E-state index in [0.717, 1.165) is 22.7 Å². The Morgan fingerprint density at radius 2 is 1.51 bits per heavy atom. The second kappa shape index (κ2) is 13.8. The number of rotatable bonds is 12. The van der Waals surface area contributed by atoms with E-state index < -0.39 is 28.5 Å². The first-order valence-electron chi connectivity index (χ1n) is 12.8. The molecule has 0 saturated carbocycles. The van der Waals surface area contributed by atoms with Crippen molar-refractivity contribution in [2.24, 2.45) is 0 Å². The maximum absolute atomic E-state index is 13.9. The van der Waals surface area contributed by atoms with Crippen LogP contribution in [0.4, 0.5) is 5.69 Å². The van der Waals surface area contributed by atoms with Gasteiger partial charge in [-0.05, 0) is 61.7 Å². The number of carbonyl (C=O) groups is 2. The fourth-order valence-electron chi connectivity index (χ4n) is 3.98. The number of carbonyl (C=O) groups excluding carboxylic acids is 2. The molecule has 1 N–H and O–H groups in total. The smallest absolute Gasteiger partial charge is 0.264 e. The van der Waals surface area contributed by atoms with E-state index in [2.05, 4.69) is 5.32 Å². The third-order valence-corrected chi connectivity index (χ3v) is 8.85. The van der Waals surface area contributed by atoms with Crippen LogP contribution in [-0.2, 0) is 32.6 Å². The molecule has 0 aliphatic carbocycles. The number of aryl methyl sites for hydroxylation is 1.